The molecule has 8 nitrogen and oxygen atoms in total. The number of carbonyl (C=O) groups is 2. The lowest BCUT2D eigenvalue weighted by Gasteiger charge is -2.19. The van der Waals surface area contributed by atoms with Gasteiger partial charge in [0.2, 0.25) is 5.91 Å². The zero-order chi connectivity index (χ0) is 15.6. The number of nitro groups is 1. The predicted octanol–water partition coefficient (Wildman–Crippen LogP) is 0.278. The van der Waals surface area contributed by atoms with Crippen molar-refractivity contribution < 1.29 is 18.9 Å². The third-order valence-corrected chi connectivity index (χ3v) is 3.09. The molecule has 1 saturated heterocycles. The van der Waals surface area contributed by atoms with Crippen molar-refractivity contribution in [3.05, 3.63) is 33.6 Å². The van der Waals surface area contributed by atoms with E-state index >= 15 is 0 Å². The van der Waals surface area contributed by atoms with E-state index in [9.17, 15) is 24.1 Å². The Labute approximate surface area is 118 Å². The number of hydrogen-bond acceptors (Lipinski definition) is 5. The fourth-order valence-corrected chi connectivity index (χ4v) is 2.05. The van der Waals surface area contributed by atoms with Gasteiger partial charge in [0.1, 0.15) is 5.56 Å². The SMILES string of the molecule is Nc1cc(C(=O)N2CCCNC(=O)C2)c([N+](=O)[O-])cc1F. The van der Waals surface area contributed by atoms with Crippen molar-refractivity contribution in [2.24, 2.45) is 0 Å². The first-order valence-corrected chi connectivity index (χ1v) is 6.19. The minimum Gasteiger partial charge on any atom is -0.396 e. The van der Waals surface area contributed by atoms with E-state index < -0.39 is 22.3 Å². The van der Waals surface area contributed by atoms with Gasteiger partial charge in [-0.2, -0.15) is 0 Å². The van der Waals surface area contributed by atoms with Crippen LogP contribution in [0.4, 0.5) is 15.8 Å². The summed E-state index contributed by atoms with van der Waals surface area (Å²) in [4.78, 5) is 35.1. The fraction of sp³-hybridized carbons (Fsp3) is 0.333. The van der Waals surface area contributed by atoms with Crippen LogP contribution >= 0.6 is 0 Å². The van der Waals surface area contributed by atoms with Crippen molar-refractivity contribution in [2.45, 2.75) is 6.42 Å². The van der Waals surface area contributed by atoms with E-state index in [1.807, 2.05) is 0 Å². The molecule has 0 unspecified atom stereocenters. The van der Waals surface area contributed by atoms with E-state index in [4.69, 9.17) is 5.73 Å². The lowest BCUT2D eigenvalue weighted by atomic mass is 10.1. The molecule has 1 aromatic rings. The largest absolute Gasteiger partial charge is 0.396 e. The zero-order valence-corrected chi connectivity index (χ0v) is 11.0. The fourth-order valence-electron chi connectivity index (χ4n) is 2.05. The number of hydrogen-bond donors (Lipinski definition) is 2. The van der Waals surface area contributed by atoms with Crippen LogP contribution in [0.25, 0.3) is 0 Å². The first-order valence-electron chi connectivity index (χ1n) is 6.19. The third-order valence-electron chi connectivity index (χ3n) is 3.09. The average Bonchev–Trinajstić information content (AvgIpc) is 2.65. The molecule has 2 rings (SSSR count). The molecule has 0 radical (unpaired) electrons. The smallest absolute Gasteiger partial charge is 0.285 e. The zero-order valence-electron chi connectivity index (χ0n) is 11.0. The van der Waals surface area contributed by atoms with Gasteiger partial charge < -0.3 is 16.0 Å². The molecule has 0 spiro atoms. The van der Waals surface area contributed by atoms with Gasteiger partial charge in [-0.05, 0) is 12.5 Å². The number of nitrogen functional groups attached to an aromatic ring is 1. The van der Waals surface area contributed by atoms with E-state index in [0.29, 0.717) is 19.0 Å². The Morgan fingerprint density at radius 2 is 2.19 bits per heavy atom. The van der Waals surface area contributed by atoms with Crippen molar-refractivity contribution >= 4 is 23.2 Å². The normalized spacial score (nSPS) is 15.3. The Bertz CT molecular complexity index is 620. The molecule has 2 amide bonds. The van der Waals surface area contributed by atoms with Crippen LogP contribution in [0.1, 0.15) is 16.8 Å². The molecular weight excluding hydrogens is 283 g/mol. The van der Waals surface area contributed by atoms with E-state index in [0.717, 1.165) is 6.07 Å². The van der Waals surface area contributed by atoms with Gasteiger partial charge in [0.15, 0.2) is 5.82 Å². The Balaban J connectivity index is 2.40. The molecule has 1 aromatic carbocycles. The summed E-state index contributed by atoms with van der Waals surface area (Å²) in [6, 6.07) is 1.54. The number of nitrogens with one attached hydrogen (secondary N) is 1. The van der Waals surface area contributed by atoms with E-state index in [1.165, 1.54) is 4.90 Å². The molecule has 0 saturated carbocycles. The van der Waals surface area contributed by atoms with Crippen LogP contribution in [0, 0.1) is 15.9 Å². The van der Waals surface area contributed by atoms with Crippen molar-refractivity contribution in [2.75, 3.05) is 25.4 Å². The molecule has 0 aliphatic carbocycles. The number of benzene rings is 1. The summed E-state index contributed by atoms with van der Waals surface area (Å²) in [5.41, 5.74) is 4.01. The maximum atomic E-state index is 13.3. The van der Waals surface area contributed by atoms with Gasteiger partial charge in [-0.3, -0.25) is 19.7 Å². The predicted molar refractivity (Wildman–Crippen MR) is 71.0 cm³/mol. The van der Waals surface area contributed by atoms with Crippen molar-refractivity contribution in [3.63, 3.8) is 0 Å². The van der Waals surface area contributed by atoms with E-state index in [-0.39, 0.29) is 30.2 Å². The number of nitro benzene ring substituents is 1. The summed E-state index contributed by atoms with van der Waals surface area (Å²) in [7, 11) is 0. The number of amides is 2. The molecule has 21 heavy (non-hydrogen) atoms. The summed E-state index contributed by atoms with van der Waals surface area (Å²) < 4.78 is 13.3. The third kappa shape index (κ3) is 3.07. The highest BCUT2D eigenvalue weighted by atomic mass is 19.1. The number of anilines is 1. The number of nitrogens with two attached hydrogens (primary N) is 1. The highest BCUT2D eigenvalue weighted by Gasteiger charge is 2.28. The van der Waals surface area contributed by atoms with Gasteiger partial charge in [-0.1, -0.05) is 0 Å². The number of rotatable bonds is 2. The molecular formula is C12H13FN4O4. The quantitative estimate of drug-likeness (QED) is 0.461. The molecule has 9 heteroatoms. The van der Waals surface area contributed by atoms with Gasteiger partial charge >= 0.3 is 0 Å². The van der Waals surface area contributed by atoms with Gasteiger partial charge in [-0.15, -0.1) is 0 Å². The van der Waals surface area contributed by atoms with Gasteiger partial charge in [0, 0.05) is 13.1 Å². The lowest BCUT2D eigenvalue weighted by molar-refractivity contribution is -0.385. The highest BCUT2D eigenvalue weighted by Crippen LogP contribution is 2.25. The van der Waals surface area contributed by atoms with Crippen LogP contribution in [-0.2, 0) is 4.79 Å². The Morgan fingerprint density at radius 1 is 1.48 bits per heavy atom. The van der Waals surface area contributed by atoms with Crippen LogP contribution in [-0.4, -0.2) is 41.3 Å². The summed E-state index contributed by atoms with van der Waals surface area (Å²) >= 11 is 0. The second kappa shape index (κ2) is 5.73. The minimum absolute atomic E-state index is 0.201. The molecule has 1 fully saturated rings. The minimum atomic E-state index is -0.966. The van der Waals surface area contributed by atoms with Crippen molar-refractivity contribution in [3.8, 4) is 0 Å². The number of halogens is 1. The summed E-state index contributed by atoms with van der Waals surface area (Å²) in [5, 5.41) is 13.5. The molecule has 0 atom stereocenters. The van der Waals surface area contributed by atoms with Crippen LogP contribution in [0.15, 0.2) is 12.1 Å². The average molecular weight is 296 g/mol. The van der Waals surface area contributed by atoms with Gasteiger partial charge in [0.05, 0.1) is 23.2 Å². The van der Waals surface area contributed by atoms with E-state index in [1.54, 1.807) is 0 Å². The van der Waals surface area contributed by atoms with Gasteiger partial charge in [0.25, 0.3) is 11.6 Å². The Hall–Kier alpha value is -2.71. The summed E-state index contributed by atoms with van der Waals surface area (Å²) in [6.07, 6.45) is 0.530. The topological polar surface area (TPSA) is 119 Å². The molecule has 0 bridgehead atoms. The molecule has 112 valence electrons. The number of carbonyl (C=O) groups excluding carboxylic acids is 2. The Morgan fingerprint density at radius 3 is 2.86 bits per heavy atom. The van der Waals surface area contributed by atoms with Crippen LogP contribution in [0.3, 0.4) is 0 Å². The number of nitrogens with zero attached hydrogens (tertiary/aromatic N) is 2. The monoisotopic (exact) mass is 296 g/mol. The second-order valence-corrected chi connectivity index (χ2v) is 4.58. The Kier molecular flexibility index (Phi) is 4.01. The lowest BCUT2D eigenvalue weighted by Crippen LogP contribution is -2.37. The van der Waals surface area contributed by atoms with Crippen molar-refractivity contribution in [1.29, 1.82) is 0 Å². The van der Waals surface area contributed by atoms with E-state index in [2.05, 4.69) is 5.32 Å². The highest BCUT2D eigenvalue weighted by molar-refractivity contribution is 6.00. The van der Waals surface area contributed by atoms with Crippen LogP contribution in [0.5, 0.6) is 0 Å². The van der Waals surface area contributed by atoms with Crippen LogP contribution < -0.4 is 11.1 Å². The van der Waals surface area contributed by atoms with Crippen LogP contribution in [0.2, 0.25) is 0 Å². The standard InChI is InChI=1S/C12H13FN4O4/c13-8-5-10(17(20)21)7(4-9(8)14)12(19)16-3-1-2-15-11(18)6-16/h4-5H,1-3,6,14H2,(H,15,18). The molecule has 1 aliphatic rings. The molecule has 1 aliphatic heterocycles. The van der Waals surface area contributed by atoms with Crippen molar-refractivity contribution in [1.82, 2.24) is 10.2 Å². The maximum Gasteiger partial charge on any atom is 0.285 e. The summed E-state index contributed by atoms with van der Waals surface area (Å²) in [6.45, 7) is 0.496. The second-order valence-electron chi connectivity index (χ2n) is 4.58. The molecule has 0 aromatic heterocycles. The maximum absolute atomic E-state index is 13.3. The molecule has 1 heterocycles. The summed E-state index contributed by atoms with van der Waals surface area (Å²) in [5.74, 6) is -2.03. The first-order chi connectivity index (χ1) is 9.90. The first kappa shape index (κ1) is 14.7. The van der Waals surface area contributed by atoms with Gasteiger partial charge in [-0.25, -0.2) is 4.39 Å². The molecule has 3 N–H and O–H groups in total.